The average Bonchev–Trinajstić information content (AvgIpc) is 3.13. The summed E-state index contributed by atoms with van der Waals surface area (Å²) in [6, 6.07) is 8.50. The highest BCUT2D eigenvalue weighted by atomic mass is 32.1. The van der Waals surface area contributed by atoms with Gasteiger partial charge in [0.1, 0.15) is 16.9 Å². The van der Waals surface area contributed by atoms with Crippen LogP contribution in [0.25, 0.3) is 27.7 Å². The van der Waals surface area contributed by atoms with Crippen LogP contribution in [-0.4, -0.2) is 35.0 Å². The predicted molar refractivity (Wildman–Crippen MR) is 91.0 cm³/mol. The highest BCUT2D eigenvalue weighted by Gasteiger charge is 2.18. The Balaban J connectivity index is 1.96. The fourth-order valence-corrected chi connectivity index (χ4v) is 3.03. The summed E-state index contributed by atoms with van der Waals surface area (Å²) in [7, 11) is 0. The van der Waals surface area contributed by atoms with Gasteiger partial charge in [-0.15, -0.1) is 0 Å². The summed E-state index contributed by atoms with van der Waals surface area (Å²) < 4.78 is 5.72. The number of rotatable bonds is 3. The Hall–Kier alpha value is -3.46. The molecule has 25 heavy (non-hydrogen) atoms. The molecule has 0 aliphatic carbocycles. The molecule has 0 fully saturated rings. The molecule has 4 heterocycles. The molecule has 9 heteroatoms. The second-order valence-electron chi connectivity index (χ2n) is 5.04. The number of aromatic nitrogens is 5. The number of fused-ring (bicyclic) bond motifs is 1. The summed E-state index contributed by atoms with van der Waals surface area (Å²) in [6.45, 7) is 0. The van der Waals surface area contributed by atoms with E-state index in [4.69, 9.17) is 0 Å². The molecule has 0 radical (unpaired) electrons. The van der Waals surface area contributed by atoms with Gasteiger partial charge in [-0.05, 0) is 24.3 Å². The fourth-order valence-electron chi connectivity index (χ4n) is 2.37. The standard InChI is InChI=1S/C16H9N5O3S/c22-12-9-4-3-7-18-14(9)21(8-10(12)15(23)24)16-19-13(20-25-16)11-5-1-2-6-17-11/h1-8H,(H,23,24). The van der Waals surface area contributed by atoms with Gasteiger partial charge in [0.2, 0.25) is 10.6 Å². The van der Waals surface area contributed by atoms with Gasteiger partial charge in [-0.25, -0.2) is 9.78 Å². The Morgan fingerprint density at radius 2 is 1.96 bits per heavy atom. The smallest absolute Gasteiger partial charge is 0.341 e. The van der Waals surface area contributed by atoms with Gasteiger partial charge >= 0.3 is 5.97 Å². The SMILES string of the molecule is O=C(O)c1cn(-c2nc(-c3ccccn3)ns2)c2ncccc2c1=O. The molecule has 0 spiro atoms. The van der Waals surface area contributed by atoms with Crippen LogP contribution in [0.5, 0.6) is 0 Å². The van der Waals surface area contributed by atoms with Crippen LogP contribution in [0.1, 0.15) is 10.4 Å². The number of carboxylic acid groups (broad SMARTS) is 1. The minimum Gasteiger partial charge on any atom is -0.477 e. The van der Waals surface area contributed by atoms with Crippen molar-refractivity contribution in [1.29, 1.82) is 0 Å². The molecule has 122 valence electrons. The molecule has 0 aliphatic heterocycles. The van der Waals surface area contributed by atoms with Gasteiger partial charge in [-0.2, -0.15) is 9.36 Å². The number of hydrogen-bond acceptors (Lipinski definition) is 7. The van der Waals surface area contributed by atoms with E-state index in [1.165, 1.54) is 23.0 Å². The van der Waals surface area contributed by atoms with Crippen molar-refractivity contribution in [3.63, 3.8) is 0 Å². The lowest BCUT2D eigenvalue weighted by Gasteiger charge is -2.07. The summed E-state index contributed by atoms with van der Waals surface area (Å²) in [5, 5.41) is 9.90. The Morgan fingerprint density at radius 1 is 1.12 bits per heavy atom. The predicted octanol–water partition coefficient (Wildman–Crippen LogP) is 2.00. The topological polar surface area (TPSA) is 111 Å². The number of pyridine rings is 3. The normalized spacial score (nSPS) is 10.9. The van der Waals surface area contributed by atoms with Gasteiger partial charge in [0.25, 0.3) is 0 Å². The van der Waals surface area contributed by atoms with Crippen LogP contribution >= 0.6 is 11.5 Å². The molecule has 0 saturated carbocycles. The Labute approximate surface area is 144 Å². The van der Waals surface area contributed by atoms with Crippen LogP contribution < -0.4 is 5.43 Å². The molecule has 0 amide bonds. The van der Waals surface area contributed by atoms with Crippen molar-refractivity contribution >= 4 is 28.5 Å². The molecule has 0 atom stereocenters. The molecule has 1 N–H and O–H groups in total. The summed E-state index contributed by atoms with van der Waals surface area (Å²) in [4.78, 5) is 36.5. The van der Waals surface area contributed by atoms with E-state index in [1.807, 2.05) is 6.07 Å². The van der Waals surface area contributed by atoms with Gasteiger partial charge in [0.15, 0.2) is 5.82 Å². The maximum absolute atomic E-state index is 12.3. The molecule has 0 bridgehead atoms. The second-order valence-corrected chi connectivity index (χ2v) is 5.77. The van der Waals surface area contributed by atoms with Crippen LogP contribution in [0.15, 0.2) is 53.7 Å². The number of aromatic carboxylic acids is 1. The largest absolute Gasteiger partial charge is 0.477 e. The molecular formula is C16H9N5O3S. The van der Waals surface area contributed by atoms with Gasteiger partial charge < -0.3 is 5.11 Å². The Bertz CT molecular complexity index is 1150. The third kappa shape index (κ3) is 2.56. The molecule has 0 aromatic carbocycles. The zero-order valence-corrected chi connectivity index (χ0v) is 13.3. The summed E-state index contributed by atoms with van der Waals surface area (Å²) >= 11 is 1.07. The molecule has 0 unspecified atom stereocenters. The number of nitrogens with zero attached hydrogens (tertiary/aromatic N) is 5. The summed E-state index contributed by atoms with van der Waals surface area (Å²) in [6.07, 6.45) is 4.39. The zero-order chi connectivity index (χ0) is 17.4. The van der Waals surface area contributed by atoms with Gasteiger partial charge in [-0.1, -0.05) is 6.07 Å². The van der Waals surface area contributed by atoms with E-state index >= 15 is 0 Å². The molecule has 4 aromatic rings. The Kier molecular flexibility index (Phi) is 3.55. The lowest BCUT2D eigenvalue weighted by molar-refractivity contribution is 0.0695. The van der Waals surface area contributed by atoms with Crippen LogP contribution in [0, 0.1) is 0 Å². The third-order valence-electron chi connectivity index (χ3n) is 3.51. The van der Waals surface area contributed by atoms with Gasteiger partial charge in [-0.3, -0.25) is 14.3 Å². The molecular weight excluding hydrogens is 342 g/mol. The minimum atomic E-state index is -1.31. The van der Waals surface area contributed by atoms with Crippen LogP contribution in [0.2, 0.25) is 0 Å². The van der Waals surface area contributed by atoms with Crippen molar-refractivity contribution in [2.45, 2.75) is 0 Å². The lowest BCUT2D eigenvalue weighted by Crippen LogP contribution is -2.18. The van der Waals surface area contributed by atoms with Crippen LogP contribution in [0.4, 0.5) is 0 Å². The minimum absolute atomic E-state index is 0.206. The molecule has 0 aliphatic rings. The van der Waals surface area contributed by atoms with Crippen molar-refractivity contribution < 1.29 is 9.90 Å². The lowest BCUT2D eigenvalue weighted by atomic mass is 10.2. The van der Waals surface area contributed by atoms with E-state index in [9.17, 15) is 14.7 Å². The van der Waals surface area contributed by atoms with Crippen molar-refractivity contribution in [2.75, 3.05) is 0 Å². The van der Waals surface area contributed by atoms with Gasteiger partial charge in [0, 0.05) is 30.1 Å². The Morgan fingerprint density at radius 3 is 2.72 bits per heavy atom. The summed E-state index contributed by atoms with van der Waals surface area (Å²) in [5.41, 5.74) is -0.0145. The second kappa shape index (κ2) is 5.87. The third-order valence-corrected chi connectivity index (χ3v) is 4.22. The van der Waals surface area contributed by atoms with Crippen LogP contribution in [0.3, 0.4) is 0 Å². The zero-order valence-electron chi connectivity index (χ0n) is 12.5. The van der Waals surface area contributed by atoms with Crippen molar-refractivity contribution in [3.05, 3.63) is 64.7 Å². The highest BCUT2D eigenvalue weighted by molar-refractivity contribution is 7.08. The number of hydrogen-bond donors (Lipinski definition) is 1. The maximum Gasteiger partial charge on any atom is 0.341 e. The van der Waals surface area contributed by atoms with Crippen molar-refractivity contribution in [1.82, 2.24) is 23.9 Å². The number of carboxylic acids is 1. The van der Waals surface area contributed by atoms with E-state index < -0.39 is 11.4 Å². The first-order valence-corrected chi connectivity index (χ1v) is 7.91. The number of carbonyl (C=O) groups is 1. The molecule has 8 nitrogen and oxygen atoms in total. The van der Waals surface area contributed by atoms with Crippen molar-refractivity contribution in [2.24, 2.45) is 0 Å². The van der Waals surface area contributed by atoms with E-state index in [1.54, 1.807) is 24.4 Å². The van der Waals surface area contributed by atoms with Gasteiger partial charge in [0.05, 0.1) is 5.39 Å². The first kappa shape index (κ1) is 15.1. The summed E-state index contributed by atoms with van der Waals surface area (Å²) in [5.74, 6) is -0.890. The first-order valence-electron chi connectivity index (χ1n) is 7.14. The fraction of sp³-hybridized carbons (Fsp3) is 0. The van der Waals surface area contributed by atoms with E-state index in [0.29, 0.717) is 22.3 Å². The quantitative estimate of drug-likeness (QED) is 0.601. The maximum atomic E-state index is 12.3. The molecule has 4 aromatic heterocycles. The molecule has 0 saturated heterocycles. The van der Waals surface area contributed by atoms with Crippen LogP contribution in [-0.2, 0) is 0 Å². The van der Waals surface area contributed by atoms with Crippen molar-refractivity contribution in [3.8, 4) is 16.6 Å². The highest BCUT2D eigenvalue weighted by Crippen LogP contribution is 2.21. The van der Waals surface area contributed by atoms with E-state index in [-0.39, 0.29) is 10.9 Å². The van der Waals surface area contributed by atoms with E-state index in [2.05, 4.69) is 19.3 Å². The monoisotopic (exact) mass is 351 g/mol. The average molecular weight is 351 g/mol. The molecule has 4 rings (SSSR count). The van der Waals surface area contributed by atoms with E-state index in [0.717, 1.165) is 11.5 Å². The first-order chi connectivity index (χ1) is 12.1.